The second kappa shape index (κ2) is 4.46. The summed E-state index contributed by atoms with van der Waals surface area (Å²) in [4.78, 5) is 11.5. The van der Waals surface area contributed by atoms with Crippen LogP contribution < -0.4 is 10.5 Å². The lowest BCUT2D eigenvalue weighted by atomic mass is 10.1. The minimum Gasteiger partial charge on any atom is -0.494 e. The van der Waals surface area contributed by atoms with Crippen LogP contribution in [0, 0.1) is 6.92 Å². The average molecular weight is 258 g/mol. The molecule has 0 aliphatic carbocycles. The Kier molecular flexibility index (Phi) is 3.52. The third-order valence-corrected chi connectivity index (χ3v) is 2.40. The SMILES string of the molecule is COc1c(N)cc(C)cc1C(=O)CBr. The quantitative estimate of drug-likeness (QED) is 0.513. The van der Waals surface area contributed by atoms with Crippen molar-refractivity contribution in [2.45, 2.75) is 6.92 Å². The Morgan fingerprint density at radius 3 is 2.71 bits per heavy atom. The third kappa shape index (κ3) is 2.07. The van der Waals surface area contributed by atoms with Gasteiger partial charge in [0.15, 0.2) is 11.5 Å². The number of rotatable bonds is 3. The maximum absolute atomic E-state index is 11.5. The zero-order chi connectivity index (χ0) is 10.7. The van der Waals surface area contributed by atoms with E-state index in [0.29, 0.717) is 17.0 Å². The summed E-state index contributed by atoms with van der Waals surface area (Å²) in [6.45, 7) is 1.89. The average Bonchev–Trinajstić information content (AvgIpc) is 2.15. The van der Waals surface area contributed by atoms with Gasteiger partial charge in [-0.3, -0.25) is 4.79 Å². The molecule has 0 aliphatic heterocycles. The lowest BCUT2D eigenvalue weighted by Gasteiger charge is -2.10. The molecular formula is C10H12BrNO2. The molecule has 14 heavy (non-hydrogen) atoms. The van der Waals surface area contributed by atoms with Crippen LogP contribution in [0.15, 0.2) is 12.1 Å². The van der Waals surface area contributed by atoms with Crippen LogP contribution in [-0.2, 0) is 0 Å². The number of nitrogen functional groups attached to an aromatic ring is 1. The number of ketones is 1. The van der Waals surface area contributed by atoms with Gasteiger partial charge in [-0.05, 0) is 24.6 Å². The second-order valence-corrected chi connectivity index (χ2v) is 3.55. The number of carbonyl (C=O) groups excluding carboxylic acids is 1. The molecule has 0 radical (unpaired) electrons. The molecule has 0 fully saturated rings. The summed E-state index contributed by atoms with van der Waals surface area (Å²) in [6.07, 6.45) is 0. The summed E-state index contributed by atoms with van der Waals surface area (Å²) in [5.41, 5.74) is 7.71. The number of anilines is 1. The minimum atomic E-state index is -0.0303. The molecule has 2 N–H and O–H groups in total. The number of alkyl halides is 1. The van der Waals surface area contributed by atoms with Gasteiger partial charge in [0.2, 0.25) is 0 Å². The fourth-order valence-corrected chi connectivity index (χ4v) is 1.61. The molecule has 0 atom stereocenters. The monoisotopic (exact) mass is 257 g/mol. The van der Waals surface area contributed by atoms with E-state index < -0.39 is 0 Å². The van der Waals surface area contributed by atoms with Crippen LogP contribution in [0.3, 0.4) is 0 Å². The molecule has 3 nitrogen and oxygen atoms in total. The number of ether oxygens (including phenoxy) is 1. The van der Waals surface area contributed by atoms with E-state index in [1.165, 1.54) is 7.11 Å². The Bertz CT molecular complexity index is 363. The first-order valence-corrected chi connectivity index (χ1v) is 5.25. The highest BCUT2D eigenvalue weighted by Crippen LogP contribution is 2.28. The van der Waals surface area contributed by atoms with Crippen molar-refractivity contribution in [3.05, 3.63) is 23.3 Å². The van der Waals surface area contributed by atoms with Gasteiger partial charge in [-0.15, -0.1) is 0 Å². The minimum absolute atomic E-state index is 0.0303. The van der Waals surface area contributed by atoms with Crippen molar-refractivity contribution >= 4 is 27.4 Å². The number of Topliss-reactive ketones (excluding diaryl/α,β-unsaturated/α-hetero) is 1. The van der Waals surface area contributed by atoms with Crippen LogP contribution in [0.1, 0.15) is 15.9 Å². The third-order valence-electron chi connectivity index (χ3n) is 1.89. The van der Waals surface area contributed by atoms with E-state index in [2.05, 4.69) is 15.9 Å². The second-order valence-electron chi connectivity index (χ2n) is 2.99. The van der Waals surface area contributed by atoms with Gasteiger partial charge in [0, 0.05) is 0 Å². The van der Waals surface area contributed by atoms with Crippen molar-refractivity contribution in [3.63, 3.8) is 0 Å². The Morgan fingerprint density at radius 2 is 2.21 bits per heavy atom. The number of carbonyl (C=O) groups is 1. The zero-order valence-corrected chi connectivity index (χ0v) is 9.72. The lowest BCUT2D eigenvalue weighted by Crippen LogP contribution is -2.06. The van der Waals surface area contributed by atoms with Crippen LogP contribution in [0.4, 0.5) is 5.69 Å². The smallest absolute Gasteiger partial charge is 0.177 e. The van der Waals surface area contributed by atoms with Crippen molar-refractivity contribution in [2.75, 3.05) is 18.2 Å². The highest BCUT2D eigenvalue weighted by atomic mass is 79.9. The molecule has 0 bridgehead atoms. The molecular weight excluding hydrogens is 246 g/mol. The fraction of sp³-hybridized carbons (Fsp3) is 0.300. The summed E-state index contributed by atoms with van der Waals surface area (Å²) < 4.78 is 5.09. The summed E-state index contributed by atoms with van der Waals surface area (Å²) in [7, 11) is 1.51. The molecule has 0 heterocycles. The molecule has 0 aliphatic rings. The molecule has 4 heteroatoms. The Labute approximate surface area is 91.4 Å². The van der Waals surface area contributed by atoms with Crippen molar-refractivity contribution in [1.82, 2.24) is 0 Å². The number of aryl methyl sites for hydroxylation is 1. The molecule has 0 aromatic heterocycles. The van der Waals surface area contributed by atoms with E-state index in [9.17, 15) is 4.79 Å². The highest BCUT2D eigenvalue weighted by molar-refractivity contribution is 9.09. The topological polar surface area (TPSA) is 52.3 Å². The van der Waals surface area contributed by atoms with Gasteiger partial charge in [0.25, 0.3) is 0 Å². The molecule has 0 spiro atoms. The van der Waals surface area contributed by atoms with Crippen LogP contribution in [0.5, 0.6) is 5.75 Å². The number of halogens is 1. The summed E-state index contributed by atoms with van der Waals surface area (Å²) in [6, 6.07) is 3.56. The van der Waals surface area contributed by atoms with E-state index in [0.717, 1.165) is 5.56 Å². The predicted molar refractivity (Wildman–Crippen MR) is 60.3 cm³/mol. The molecule has 1 rings (SSSR count). The van der Waals surface area contributed by atoms with Crippen molar-refractivity contribution in [3.8, 4) is 5.75 Å². The fourth-order valence-electron chi connectivity index (χ4n) is 1.31. The zero-order valence-electron chi connectivity index (χ0n) is 8.13. The molecule has 0 amide bonds. The Morgan fingerprint density at radius 1 is 1.57 bits per heavy atom. The van der Waals surface area contributed by atoms with Gasteiger partial charge >= 0.3 is 0 Å². The Hall–Kier alpha value is -1.03. The van der Waals surface area contributed by atoms with Crippen LogP contribution in [0.25, 0.3) is 0 Å². The molecule has 1 aromatic carbocycles. The molecule has 0 saturated carbocycles. The van der Waals surface area contributed by atoms with Crippen molar-refractivity contribution in [2.24, 2.45) is 0 Å². The highest BCUT2D eigenvalue weighted by Gasteiger charge is 2.14. The number of methoxy groups -OCH3 is 1. The molecule has 0 saturated heterocycles. The summed E-state index contributed by atoms with van der Waals surface area (Å²) in [5, 5.41) is 0.270. The number of benzene rings is 1. The van der Waals surface area contributed by atoms with E-state index in [1.54, 1.807) is 12.1 Å². The first-order chi connectivity index (χ1) is 6.60. The van der Waals surface area contributed by atoms with Crippen molar-refractivity contribution in [1.29, 1.82) is 0 Å². The standard InChI is InChI=1S/C10H12BrNO2/c1-6-3-7(9(13)5-11)10(14-2)8(12)4-6/h3-4H,5,12H2,1-2H3. The van der Waals surface area contributed by atoms with E-state index in [4.69, 9.17) is 10.5 Å². The number of hydrogen-bond acceptors (Lipinski definition) is 3. The molecule has 76 valence electrons. The van der Waals surface area contributed by atoms with Gasteiger partial charge < -0.3 is 10.5 Å². The van der Waals surface area contributed by atoms with Crippen LogP contribution >= 0.6 is 15.9 Å². The normalized spacial score (nSPS) is 9.93. The summed E-state index contributed by atoms with van der Waals surface area (Å²) in [5.74, 6) is 0.428. The van der Waals surface area contributed by atoms with Gasteiger partial charge in [0.05, 0.1) is 23.7 Å². The first-order valence-electron chi connectivity index (χ1n) is 4.13. The van der Waals surface area contributed by atoms with Gasteiger partial charge in [-0.25, -0.2) is 0 Å². The van der Waals surface area contributed by atoms with Gasteiger partial charge in [0.1, 0.15) is 0 Å². The van der Waals surface area contributed by atoms with E-state index >= 15 is 0 Å². The Balaban J connectivity index is 3.32. The lowest BCUT2D eigenvalue weighted by molar-refractivity contribution is 0.102. The largest absolute Gasteiger partial charge is 0.494 e. The first kappa shape index (κ1) is 11.0. The predicted octanol–water partition coefficient (Wildman–Crippen LogP) is 2.16. The van der Waals surface area contributed by atoms with Gasteiger partial charge in [-0.2, -0.15) is 0 Å². The summed E-state index contributed by atoms with van der Waals surface area (Å²) >= 11 is 3.12. The maximum atomic E-state index is 11.5. The molecule has 1 aromatic rings. The van der Waals surface area contributed by atoms with E-state index in [-0.39, 0.29) is 11.1 Å². The van der Waals surface area contributed by atoms with E-state index in [1.807, 2.05) is 6.92 Å². The maximum Gasteiger partial charge on any atom is 0.177 e. The van der Waals surface area contributed by atoms with Crippen LogP contribution in [-0.4, -0.2) is 18.2 Å². The van der Waals surface area contributed by atoms with Gasteiger partial charge in [-0.1, -0.05) is 15.9 Å². The number of hydrogen-bond donors (Lipinski definition) is 1. The van der Waals surface area contributed by atoms with Crippen molar-refractivity contribution < 1.29 is 9.53 Å². The molecule has 0 unspecified atom stereocenters. The van der Waals surface area contributed by atoms with Crippen LogP contribution in [0.2, 0.25) is 0 Å². The number of nitrogens with two attached hydrogens (primary N) is 1.